The number of rotatable bonds is 6. The summed E-state index contributed by atoms with van der Waals surface area (Å²) >= 11 is 0. The van der Waals surface area contributed by atoms with Crippen molar-refractivity contribution in [1.82, 2.24) is 9.97 Å². The third kappa shape index (κ3) is 4.56. The molecule has 5 heteroatoms. The summed E-state index contributed by atoms with van der Waals surface area (Å²) in [5, 5.41) is 3.42. The first kappa shape index (κ1) is 17.3. The molecule has 0 aliphatic carbocycles. The van der Waals surface area contributed by atoms with Crippen molar-refractivity contribution in [2.45, 2.75) is 6.42 Å². The van der Waals surface area contributed by atoms with Crippen molar-refractivity contribution >= 4 is 17.5 Å². The van der Waals surface area contributed by atoms with Crippen LogP contribution in [-0.4, -0.2) is 42.7 Å². The minimum absolute atomic E-state index is 0.812. The van der Waals surface area contributed by atoms with Crippen LogP contribution < -0.4 is 15.1 Å². The van der Waals surface area contributed by atoms with E-state index in [4.69, 9.17) is 4.98 Å². The van der Waals surface area contributed by atoms with Crippen molar-refractivity contribution in [3.63, 3.8) is 0 Å². The molecule has 0 radical (unpaired) electrons. The smallest absolute Gasteiger partial charge is 0.227 e. The number of piperazine rings is 1. The second kappa shape index (κ2) is 8.54. The second-order valence-corrected chi connectivity index (χ2v) is 6.71. The summed E-state index contributed by atoms with van der Waals surface area (Å²) in [6.07, 6.45) is 2.83. The average molecular weight is 359 g/mol. The zero-order valence-corrected chi connectivity index (χ0v) is 15.5. The van der Waals surface area contributed by atoms with Gasteiger partial charge < -0.3 is 15.1 Å². The number of nitrogens with zero attached hydrogens (tertiary/aromatic N) is 4. The van der Waals surface area contributed by atoms with Gasteiger partial charge in [-0.05, 0) is 30.2 Å². The van der Waals surface area contributed by atoms with Gasteiger partial charge in [-0.1, -0.05) is 48.5 Å². The van der Waals surface area contributed by atoms with Gasteiger partial charge in [-0.3, -0.25) is 0 Å². The van der Waals surface area contributed by atoms with E-state index < -0.39 is 0 Å². The summed E-state index contributed by atoms with van der Waals surface area (Å²) < 4.78 is 0. The summed E-state index contributed by atoms with van der Waals surface area (Å²) in [4.78, 5) is 13.9. The van der Waals surface area contributed by atoms with Gasteiger partial charge in [-0.15, -0.1) is 0 Å². The topological polar surface area (TPSA) is 44.3 Å². The van der Waals surface area contributed by atoms with Crippen LogP contribution >= 0.6 is 0 Å². The normalized spacial score (nSPS) is 14.2. The number of anilines is 3. The lowest BCUT2D eigenvalue weighted by Crippen LogP contribution is -2.47. The van der Waals surface area contributed by atoms with Gasteiger partial charge in [0, 0.05) is 44.6 Å². The third-order valence-corrected chi connectivity index (χ3v) is 4.89. The van der Waals surface area contributed by atoms with E-state index in [1.165, 1.54) is 11.3 Å². The molecule has 5 nitrogen and oxygen atoms in total. The Labute approximate surface area is 160 Å². The predicted molar refractivity (Wildman–Crippen MR) is 112 cm³/mol. The van der Waals surface area contributed by atoms with Crippen molar-refractivity contribution in [3.05, 3.63) is 78.5 Å². The number of para-hydroxylation sites is 1. The lowest BCUT2D eigenvalue weighted by molar-refractivity contribution is 0.640. The molecule has 1 N–H and O–H groups in total. The highest BCUT2D eigenvalue weighted by molar-refractivity contribution is 5.49. The highest BCUT2D eigenvalue weighted by atomic mass is 15.3. The van der Waals surface area contributed by atoms with Crippen LogP contribution in [0, 0.1) is 0 Å². The van der Waals surface area contributed by atoms with Crippen molar-refractivity contribution in [1.29, 1.82) is 0 Å². The first-order chi connectivity index (χ1) is 13.4. The van der Waals surface area contributed by atoms with E-state index in [-0.39, 0.29) is 0 Å². The van der Waals surface area contributed by atoms with E-state index in [1.54, 1.807) is 0 Å². The highest BCUT2D eigenvalue weighted by Gasteiger charge is 2.19. The number of hydrogen-bond donors (Lipinski definition) is 1. The molecule has 3 aromatic rings. The van der Waals surface area contributed by atoms with Gasteiger partial charge in [0.2, 0.25) is 5.95 Å². The molecule has 2 heterocycles. The fraction of sp³-hybridized carbons (Fsp3) is 0.273. The molecule has 1 saturated heterocycles. The van der Waals surface area contributed by atoms with Gasteiger partial charge in [-0.2, -0.15) is 4.98 Å². The van der Waals surface area contributed by atoms with E-state index in [1.807, 2.05) is 18.3 Å². The lowest BCUT2D eigenvalue weighted by Gasteiger charge is -2.36. The second-order valence-electron chi connectivity index (χ2n) is 6.71. The minimum atomic E-state index is 0.812. The minimum Gasteiger partial charge on any atom is -0.370 e. The fourth-order valence-electron chi connectivity index (χ4n) is 3.38. The first-order valence-electron chi connectivity index (χ1n) is 9.54. The molecule has 4 rings (SSSR count). The Hall–Kier alpha value is -3.08. The van der Waals surface area contributed by atoms with Crippen LogP contribution in [0.25, 0.3) is 0 Å². The molecule has 1 aromatic heterocycles. The van der Waals surface area contributed by atoms with Crippen LogP contribution in [-0.2, 0) is 6.42 Å². The van der Waals surface area contributed by atoms with Crippen molar-refractivity contribution in [3.8, 4) is 0 Å². The van der Waals surface area contributed by atoms with Crippen LogP contribution in [0.4, 0.5) is 17.5 Å². The third-order valence-electron chi connectivity index (χ3n) is 4.89. The zero-order valence-electron chi connectivity index (χ0n) is 15.5. The largest absolute Gasteiger partial charge is 0.370 e. The Bertz CT molecular complexity index is 830. The predicted octanol–water partition coefficient (Wildman–Crippen LogP) is 3.46. The molecule has 1 aliphatic rings. The summed E-state index contributed by atoms with van der Waals surface area (Å²) in [7, 11) is 0. The van der Waals surface area contributed by atoms with E-state index in [2.05, 4.69) is 74.7 Å². The molecule has 0 bridgehead atoms. The molecule has 138 valence electrons. The van der Waals surface area contributed by atoms with Crippen LogP contribution in [0.15, 0.2) is 72.9 Å². The standard InChI is InChI=1S/C22H25N5/c1-3-7-19(8-4-1)11-13-23-21-12-14-24-22(25-21)27-17-15-26(16-18-27)20-9-5-2-6-10-20/h1-10,12,14H,11,13,15-18H2,(H,23,24,25). The molecule has 0 atom stereocenters. The number of aromatic nitrogens is 2. The van der Waals surface area contributed by atoms with Crippen LogP contribution in [0.3, 0.4) is 0 Å². The van der Waals surface area contributed by atoms with Crippen molar-refractivity contribution in [2.75, 3.05) is 47.8 Å². The molecule has 2 aromatic carbocycles. The molecular formula is C22H25N5. The monoisotopic (exact) mass is 359 g/mol. The maximum absolute atomic E-state index is 4.71. The van der Waals surface area contributed by atoms with Gasteiger partial charge in [0.15, 0.2) is 0 Å². The highest BCUT2D eigenvalue weighted by Crippen LogP contribution is 2.18. The van der Waals surface area contributed by atoms with Gasteiger partial charge in [0.25, 0.3) is 0 Å². The molecular weight excluding hydrogens is 334 g/mol. The first-order valence-corrected chi connectivity index (χ1v) is 9.54. The Kier molecular flexibility index (Phi) is 5.48. The van der Waals surface area contributed by atoms with E-state index in [0.29, 0.717) is 0 Å². The SMILES string of the molecule is c1ccc(CCNc2ccnc(N3CCN(c4ccccc4)CC3)n2)cc1. The van der Waals surface area contributed by atoms with Crippen LogP contribution in [0.5, 0.6) is 0 Å². The van der Waals surface area contributed by atoms with Gasteiger partial charge >= 0.3 is 0 Å². The van der Waals surface area contributed by atoms with Gasteiger partial charge in [0.05, 0.1) is 0 Å². The van der Waals surface area contributed by atoms with Crippen LogP contribution in [0.2, 0.25) is 0 Å². The van der Waals surface area contributed by atoms with Crippen LogP contribution in [0.1, 0.15) is 5.56 Å². The van der Waals surface area contributed by atoms with E-state index >= 15 is 0 Å². The fourth-order valence-corrected chi connectivity index (χ4v) is 3.38. The van der Waals surface area contributed by atoms with E-state index in [0.717, 1.165) is 50.9 Å². The maximum atomic E-state index is 4.71. The maximum Gasteiger partial charge on any atom is 0.227 e. The molecule has 0 unspecified atom stereocenters. The number of benzene rings is 2. The molecule has 1 fully saturated rings. The quantitative estimate of drug-likeness (QED) is 0.730. The van der Waals surface area contributed by atoms with Gasteiger partial charge in [0.1, 0.15) is 5.82 Å². The Morgan fingerprint density at radius 3 is 2.19 bits per heavy atom. The summed E-state index contributed by atoms with van der Waals surface area (Å²) in [6.45, 7) is 4.70. The van der Waals surface area contributed by atoms with E-state index in [9.17, 15) is 0 Å². The summed E-state index contributed by atoms with van der Waals surface area (Å²) in [5.74, 6) is 1.70. The van der Waals surface area contributed by atoms with Gasteiger partial charge in [-0.25, -0.2) is 4.98 Å². The molecule has 0 amide bonds. The van der Waals surface area contributed by atoms with Crippen molar-refractivity contribution in [2.24, 2.45) is 0 Å². The summed E-state index contributed by atoms with van der Waals surface area (Å²) in [6, 6.07) is 23.0. The molecule has 0 saturated carbocycles. The lowest BCUT2D eigenvalue weighted by atomic mass is 10.1. The number of nitrogens with one attached hydrogen (secondary N) is 1. The van der Waals surface area contributed by atoms with Crippen molar-refractivity contribution < 1.29 is 0 Å². The molecule has 0 spiro atoms. The summed E-state index contributed by atoms with van der Waals surface area (Å²) in [5.41, 5.74) is 2.62. The number of hydrogen-bond acceptors (Lipinski definition) is 5. The molecule has 1 aliphatic heterocycles. The zero-order chi connectivity index (χ0) is 18.3. The Morgan fingerprint density at radius 1 is 0.778 bits per heavy atom. The average Bonchev–Trinajstić information content (AvgIpc) is 2.76. The Balaban J connectivity index is 1.31. The Morgan fingerprint density at radius 2 is 1.44 bits per heavy atom. The molecule has 27 heavy (non-hydrogen) atoms.